The van der Waals surface area contributed by atoms with Crippen molar-refractivity contribution in [3.63, 3.8) is 0 Å². The second kappa shape index (κ2) is 34.6. The number of halogens is 4. The third-order valence-corrected chi connectivity index (χ3v) is 15.2. The molecule has 0 radical (unpaired) electrons. The molecule has 2 amide bonds. The lowest BCUT2D eigenvalue weighted by Crippen LogP contribution is -2.18. The van der Waals surface area contributed by atoms with E-state index in [0.29, 0.717) is 75.8 Å². The van der Waals surface area contributed by atoms with E-state index < -0.39 is 64.0 Å². The van der Waals surface area contributed by atoms with Gasteiger partial charge in [-0.2, -0.15) is 4.98 Å². The molecule has 12 aromatic rings. The van der Waals surface area contributed by atoms with Gasteiger partial charge in [-0.05, 0) is 165 Å². The van der Waals surface area contributed by atoms with Crippen LogP contribution in [-0.2, 0) is 11.2 Å². The van der Waals surface area contributed by atoms with Crippen molar-refractivity contribution in [3.8, 4) is 28.9 Å². The Labute approximate surface area is 601 Å². The molecule has 12 rings (SSSR count). The normalized spacial score (nSPS) is 10.6. The zero-order valence-electron chi connectivity index (χ0n) is 58.3. The number of esters is 1. The lowest BCUT2D eigenvalue weighted by molar-refractivity contribution is 0.0525. The first-order chi connectivity index (χ1) is 50.7. The van der Waals surface area contributed by atoms with E-state index in [1.54, 1.807) is 80.8 Å². The number of anilines is 9. The molecule has 0 aliphatic rings. The molecule has 6 heterocycles. The number of aromatic amines is 3. The Balaban J connectivity index is 0.000000166. The van der Waals surface area contributed by atoms with Crippen LogP contribution >= 0.6 is 0 Å². The first-order valence-corrected chi connectivity index (χ1v) is 32.0. The average molecular weight is 1450 g/mol. The van der Waals surface area contributed by atoms with Crippen molar-refractivity contribution in [1.82, 2.24) is 40.1 Å². The molecule has 0 atom stereocenters. The fourth-order valence-corrected chi connectivity index (χ4v) is 10.4. The lowest BCUT2D eigenvalue weighted by atomic mass is 10.1. The standard InChI is InChI=1S/C24H24FN5O2.C20H17FN6O3.C16H17FN2O4.C14H13FN2O4/c1-14-9-16(11-17(10-14)32-2)29-23-19(22(26)31)12-20(25)24(30-23)27-8-7-15-13-28-21-6-4-3-5-18(15)21;1-11-7-12(9-13(8-11)29-2)23-19-14(18(22)28)10-15(21)20(24-19)30-27-17-6-4-3-5-16(17)25-26-27;1-4-23-16(21)12-8-13(17)15(20)19-14(12)18-10-5-9(2)6-11(7-10)22-3;1-7-3-8(5-9(4-7)21-2)16-12-10(14(19)20)6-11(15)13(18)17-12/h3-6,9-13,28H,7-8H2,1-2H3,(H2,26,31)(H2,27,29,30);3-10H,1-2H3,(H2,22,28)(H,23,24);5-8H,4H2,1-3H3,(H2,18,19,20);3-6H,1-2H3,(H,19,20)(H2,16,17,18). The number of benzene rings is 6. The number of carboxylic acids is 1. The van der Waals surface area contributed by atoms with Gasteiger partial charge in [0.2, 0.25) is 0 Å². The number of primary amides is 2. The minimum absolute atomic E-state index is 0.0240. The van der Waals surface area contributed by atoms with Gasteiger partial charge in [0.15, 0.2) is 29.1 Å². The molecule has 0 unspecified atom stereocenters. The number of H-pyrrole nitrogens is 3. The van der Waals surface area contributed by atoms with Gasteiger partial charge in [0.05, 0.1) is 46.2 Å². The largest absolute Gasteiger partial charge is 0.497 e. The summed E-state index contributed by atoms with van der Waals surface area (Å²) in [6.07, 6.45) is 2.62. The number of carbonyl (C=O) groups is 4. The minimum atomic E-state index is -1.35. The Morgan fingerprint density at radius 2 is 0.991 bits per heavy atom. The highest BCUT2D eigenvalue weighted by atomic mass is 19.1. The number of fused-ring (bicyclic) bond motifs is 2. The Kier molecular flexibility index (Phi) is 24.9. The Morgan fingerprint density at radius 3 is 1.49 bits per heavy atom. The summed E-state index contributed by atoms with van der Waals surface area (Å²) >= 11 is 0. The van der Waals surface area contributed by atoms with Crippen LogP contribution in [0.4, 0.5) is 69.4 Å². The maximum Gasteiger partial charge on any atom is 0.341 e. The van der Waals surface area contributed by atoms with Crippen molar-refractivity contribution in [1.29, 1.82) is 0 Å². The van der Waals surface area contributed by atoms with Gasteiger partial charge in [-0.1, -0.05) is 35.2 Å². The Bertz CT molecular complexity index is 5380. The number of ether oxygens (including phenoxy) is 5. The van der Waals surface area contributed by atoms with Crippen molar-refractivity contribution in [2.75, 3.05) is 68.2 Å². The van der Waals surface area contributed by atoms with Crippen molar-refractivity contribution in [3.05, 3.63) is 246 Å². The van der Waals surface area contributed by atoms with Gasteiger partial charge in [-0.3, -0.25) is 19.2 Å². The number of amides is 2. The zero-order valence-corrected chi connectivity index (χ0v) is 58.3. The molecule has 6 aromatic carbocycles. The van der Waals surface area contributed by atoms with Crippen LogP contribution in [0, 0.1) is 51.0 Å². The fraction of sp³-hybridized carbons (Fsp3) is 0.162. The van der Waals surface area contributed by atoms with Gasteiger partial charge in [-0.25, -0.2) is 32.1 Å². The number of para-hydroxylation sites is 2. The fourth-order valence-electron chi connectivity index (χ4n) is 10.4. The van der Waals surface area contributed by atoms with Crippen molar-refractivity contribution >= 4 is 97.5 Å². The number of hydrogen-bond donors (Lipinski definition) is 11. The summed E-state index contributed by atoms with van der Waals surface area (Å²) in [5, 5.41) is 32.7. The highest BCUT2D eigenvalue weighted by Gasteiger charge is 2.23. The average Bonchev–Trinajstić information content (AvgIpc) is 1.56. The SMILES string of the molecule is CCOC(=O)c1cc(F)c(=O)[nH]c1Nc1cc(C)cc(OC)c1.COc1cc(C)cc(Nc2[nH]c(=O)c(F)cc2C(=O)O)c1.COc1cc(C)cc(Nc2nc(NCCc3c[nH]c4ccccc34)c(F)cc2C(N)=O)c1.COc1cc(C)cc(Nc2nc(On3nnc4ccccc43)c(F)cc2C(N)=O)c1. The van der Waals surface area contributed by atoms with E-state index in [0.717, 1.165) is 61.8 Å². The van der Waals surface area contributed by atoms with Gasteiger partial charge < -0.3 is 86.6 Å². The molecule has 0 fully saturated rings. The number of carbonyl (C=O) groups excluding carboxylic acids is 3. The highest BCUT2D eigenvalue weighted by Crippen LogP contribution is 2.32. The quantitative estimate of drug-likeness (QED) is 0.0209. The molecule has 32 heteroatoms. The third-order valence-electron chi connectivity index (χ3n) is 15.2. The Hall–Kier alpha value is -13.9. The number of nitrogens with zero attached hydrogens (tertiary/aromatic N) is 5. The van der Waals surface area contributed by atoms with E-state index in [1.807, 2.05) is 88.5 Å². The number of hydrogen-bond acceptors (Lipinski definition) is 21. The van der Waals surface area contributed by atoms with Crippen LogP contribution < -0.4 is 73.0 Å². The molecule has 0 aliphatic carbocycles. The van der Waals surface area contributed by atoms with E-state index in [9.17, 15) is 46.3 Å². The number of nitrogens with two attached hydrogens (primary N) is 2. The maximum absolute atomic E-state index is 14.6. The van der Waals surface area contributed by atoms with Gasteiger partial charge in [-0.15, -0.1) is 5.10 Å². The number of aromatic carboxylic acids is 1. The highest BCUT2D eigenvalue weighted by molar-refractivity contribution is 6.00. The van der Waals surface area contributed by atoms with Crippen LogP contribution in [0.5, 0.6) is 28.9 Å². The van der Waals surface area contributed by atoms with Crippen LogP contribution in [0.3, 0.4) is 0 Å². The van der Waals surface area contributed by atoms with Crippen molar-refractivity contribution < 1.29 is 70.4 Å². The van der Waals surface area contributed by atoms with E-state index in [1.165, 1.54) is 21.3 Å². The minimum Gasteiger partial charge on any atom is -0.497 e. The first-order valence-electron chi connectivity index (χ1n) is 32.0. The Morgan fingerprint density at radius 1 is 0.538 bits per heavy atom. The van der Waals surface area contributed by atoms with Crippen molar-refractivity contribution in [2.24, 2.45) is 11.5 Å². The number of carboxylic acid groups (broad SMARTS) is 1. The van der Waals surface area contributed by atoms with E-state index in [4.69, 9.17) is 45.1 Å². The maximum atomic E-state index is 14.6. The molecule has 0 saturated heterocycles. The summed E-state index contributed by atoms with van der Waals surface area (Å²) < 4.78 is 81.6. The number of nitrogens with one attached hydrogen (secondary N) is 8. The number of aromatic nitrogens is 8. The monoisotopic (exact) mass is 1450 g/mol. The summed E-state index contributed by atoms with van der Waals surface area (Å²) in [7, 11) is 6.14. The topological polar surface area (TPSA) is 394 Å². The van der Waals surface area contributed by atoms with Crippen LogP contribution in [0.15, 0.2) is 161 Å². The summed E-state index contributed by atoms with van der Waals surface area (Å²) in [6.45, 7) is 9.73. The molecule has 0 saturated carbocycles. The van der Waals surface area contributed by atoms with Crippen LogP contribution in [0.1, 0.15) is 76.2 Å². The van der Waals surface area contributed by atoms with E-state index in [2.05, 4.69) is 61.8 Å². The summed E-state index contributed by atoms with van der Waals surface area (Å²) in [5.74, 6) is -5.23. The van der Waals surface area contributed by atoms with Gasteiger partial charge in [0.1, 0.15) is 68.4 Å². The smallest absolute Gasteiger partial charge is 0.341 e. The van der Waals surface area contributed by atoms with Gasteiger partial charge in [0.25, 0.3) is 28.8 Å². The molecular formula is C74H71F4N15O13. The van der Waals surface area contributed by atoms with Gasteiger partial charge in [0, 0.05) is 70.7 Å². The predicted molar refractivity (Wildman–Crippen MR) is 390 cm³/mol. The third kappa shape index (κ3) is 19.6. The summed E-state index contributed by atoms with van der Waals surface area (Å²) in [5.41, 5.74) is 17.5. The van der Waals surface area contributed by atoms with Crippen LogP contribution in [0.25, 0.3) is 21.9 Å². The molecule has 6 aromatic heterocycles. The zero-order chi connectivity index (χ0) is 76.5. The number of rotatable bonds is 23. The molecule has 0 spiro atoms. The number of aryl methyl sites for hydroxylation is 4. The van der Waals surface area contributed by atoms with Gasteiger partial charge >= 0.3 is 11.9 Å². The second-order valence-corrected chi connectivity index (χ2v) is 23.1. The number of pyridine rings is 4. The molecule has 106 heavy (non-hydrogen) atoms. The van der Waals surface area contributed by atoms with E-state index >= 15 is 0 Å². The molecule has 13 N–H and O–H groups in total. The molecule has 548 valence electrons. The van der Waals surface area contributed by atoms with Crippen LogP contribution in [0.2, 0.25) is 0 Å². The molecule has 0 bridgehead atoms. The lowest BCUT2D eigenvalue weighted by Gasteiger charge is -2.14. The predicted octanol–water partition coefficient (Wildman–Crippen LogP) is 12.5. The number of methoxy groups -OCH3 is 4. The molecule has 0 aliphatic heterocycles. The molecular weight excluding hydrogens is 1380 g/mol. The summed E-state index contributed by atoms with van der Waals surface area (Å²) in [6, 6.07) is 39.9. The summed E-state index contributed by atoms with van der Waals surface area (Å²) in [4.78, 5) is 92.2. The van der Waals surface area contributed by atoms with E-state index in [-0.39, 0.29) is 58.0 Å². The molecule has 28 nitrogen and oxygen atoms in total. The second-order valence-electron chi connectivity index (χ2n) is 23.1. The van der Waals surface area contributed by atoms with Crippen LogP contribution in [-0.4, -0.2) is 111 Å². The van der Waals surface area contributed by atoms with Crippen molar-refractivity contribution in [2.45, 2.75) is 41.0 Å². The first kappa shape index (κ1) is 76.2.